The Morgan fingerprint density at radius 1 is 1.03 bits per heavy atom. The molecule has 0 saturated carbocycles. The highest BCUT2D eigenvalue weighted by molar-refractivity contribution is 14.1. The van der Waals surface area contributed by atoms with Crippen molar-refractivity contribution in [3.63, 3.8) is 0 Å². The number of amides is 1. The SMILES string of the molecule is C[C@H]1C(=O)O[C@H](I)[C@@]2(C)OC(=O)N[C@@H]2[C@@H](C)C(=O)[C@H]2C[C@@](C)(OC2/C=C/c2cnc3ccccc3c2)[C@H](O[C@@H]2O[C@H](C)C[C@H](N(C)Cc3cccnc3)[C@H]2O)[C@@H](C)C1=O. The summed E-state index contributed by atoms with van der Waals surface area (Å²) < 4.78 is 30.6. The zero-order chi connectivity index (χ0) is 42.4. The fourth-order valence-electron chi connectivity index (χ4n) is 9.26. The van der Waals surface area contributed by atoms with Gasteiger partial charge in [0.15, 0.2) is 21.8 Å². The summed E-state index contributed by atoms with van der Waals surface area (Å²) in [6.07, 6.45) is 4.19. The van der Waals surface area contributed by atoms with Crippen molar-refractivity contribution in [2.24, 2.45) is 23.7 Å². The average molecular weight is 925 g/mol. The highest BCUT2D eigenvalue weighted by atomic mass is 127. The number of cyclic esters (lactones) is 1. The van der Waals surface area contributed by atoms with Gasteiger partial charge in [-0.2, -0.15) is 0 Å². The minimum Gasteiger partial charge on any atom is -0.447 e. The number of aromatic nitrogens is 2. The molecule has 4 aliphatic rings. The van der Waals surface area contributed by atoms with Crippen molar-refractivity contribution in [2.75, 3.05) is 7.05 Å². The topological polar surface area (TPSA) is 176 Å². The lowest BCUT2D eigenvalue weighted by Gasteiger charge is -2.46. The van der Waals surface area contributed by atoms with Gasteiger partial charge < -0.3 is 34.1 Å². The lowest BCUT2D eigenvalue weighted by atomic mass is 9.75. The molecule has 15 heteroatoms. The fourth-order valence-corrected chi connectivity index (χ4v) is 10.0. The van der Waals surface area contributed by atoms with E-state index >= 15 is 0 Å². The van der Waals surface area contributed by atoms with E-state index in [1.54, 1.807) is 46.3 Å². The van der Waals surface area contributed by atoms with E-state index in [9.17, 15) is 24.3 Å². The van der Waals surface area contributed by atoms with Crippen LogP contribution in [-0.4, -0.2) is 109 Å². The number of benzene rings is 1. The van der Waals surface area contributed by atoms with E-state index in [1.165, 1.54) is 6.92 Å². The van der Waals surface area contributed by atoms with Crippen molar-refractivity contribution in [1.82, 2.24) is 20.2 Å². The summed E-state index contributed by atoms with van der Waals surface area (Å²) in [4.78, 5) is 66.8. The van der Waals surface area contributed by atoms with Crippen molar-refractivity contribution in [3.8, 4) is 0 Å². The van der Waals surface area contributed by atoms with E-state index < -0.39 is 87.5 Å². The van der Waals surface area contributed by atoms with Gasteiger partial charge >= 0.3 is 12.1 Å². The average Bonchev–Trinajstić information content (AvgIpc) is 3.74. The molecule has 2 N–H and O–H groups in total. The van der Waals surface area contributed by atoms with Crippen molar-refractivity contribution in [1.29, 1.82) is 0 Å². The minimum absolute atomic E-state index is 0.108. The summed E-state index contributed by atoms with van der Waals surface area (Å²) >= 11 is 1.88. The third-order valence-corrected chi connectivity index (χ3v) is 14.1. The normalized spacial score (nSPS) is 38.2. The number of alkyl carbamates (subject to hydrolysis) is 1. The van der Waals surface area contributed by atoms with Crippen LogP contribution in [0.3, 0.4) is 0 Å². The van der Waals surface area contributed by atoms with Crippen LogP contribution in [0.5, 0.6) is 0 Å². The first-order valence-electron chi connectivity index (χ1n) is 20.2. The van der Waals surface area contributed by atoms with Crippen LogP contribution in [0.25, 0.3) is 17.0 Å². The van der Waals surface area contributed by atoms with Gasteiger partial charge in [0.05, 0.1) is 41.4 Å². The third-order valence-electron chi connectivity index (χ3n) is 12.6. The number of alkyl halides is 1. The number of likely N-dealkylation sites (N-methyl/N-ethyl adjacent to an activating group) is 1. The van der Waals surface area contributed by atoms with Crippen molar-refractivity contribution >= 4 is 63.2 Å². The van der Waals surface area contributed by atoms with E-state index in [4.69, 9.17) is 23.7 Å². The van der Waals surface area contributed by atoms with Crippen LogP contribution in [0.2, 0.25) is 0 Å². The van der Waals surface area contributed by atoms with Crippen LogP contribution >= 0.6 is 22.6 Å². The predicted molar refractivity (Wildman–Crippen MR) is 225 cm³/mol. The van der Waals surface area contributed by atoms with Crippen LogP contribution in [0.1, 0.15) is 65.5 Å². The molecule has 1 unspecified atom stereocenters. The number of ether oxygens (including phenoxy) is 5. The molecule has 1 aromatic carbocycles. The van der Waals surface area contributed by atoms with Crippen LogP contribution < -0.4 is 5.32 Å². The quantitative estimate of drug-likeness (QED) is 0.133. The Labute approximate surface area is 357 Å². The molecule has 2 aromatic heterocycles. The maximum Gasteiger partial charge on any atom is 0.408 e. The molecule has 0 aliphatic carbocycles. The molecular formula is C44H53IN4O10. The summed E-state index contributed by atoms with van der Waals surface area (Å²) in [7, 11) is 1.92. The predicted octanol–water partition coefficient (Wildman–Crippen LogP) is 5.42. The van der Waals surface area contributed by atoms with Gasteiger partial charge in [0.1, 0.15) is 17.8 Å². The summed E-state index contributed by atoms with van der Waals surface area (Å²) in [6, 6.07) is 12.3. The van der Waals surface area contributed by atoms with Crippen LogP contribution in [-0.2, 0) is 44.6 Å². The molecule has 4 aliphatic heterocycles. The number of aliphatic hydroxyl groups excluding tert-OH is 1. The Kier molecular flexibility index (Phi) is 12.6. The van der Waals surface area contributed by atoms with Crippen LogP contribution in [0.4, 0.5) is 4.79 Å². The first-order chi connectivity index (χ1) is 28.0. The number of hydrogen-bond donors (Lipinski definition) is 2. The number of hydrogen-bond acceptors (Lipinski definition) is 13. The van der Waals surface area contributed by atoms with Gasteiger partial charge in [-0.15, -0.1) is 0 Å². The highest BCUT2D eigenvalue weighted by Crippen LogP contribution is 2.46. The Balaban J connectivity index is 1.27. The Morgan fingerprint density at radius 2 is 1.80 bits per heavy atom. The fraction of sp³-hybridized carbons (Fsp3) is 0.545. The molecule has 4 fully saturated rings. The number of carbonyl (C=O) groups is 4. The molecule has 1 amide bonds. The van der Waals surface area contributed by atoms with Crippen molar-refractivity contribution < 1.29 is 48.0 Å². The number of aliphatic hydroxyl groups is 1. The van der Waals surface area contributed by atoms with Crippen LogP contribution in [0.15, 0.2) is 67.1 Å². The monoisotopic (exact) mass is 924 g/mol. The van der Waals surface area contributed by atoms with E-state index in [0.717, 1.165) is 22.0 Å². The molecule has 7 rings (SSSR count). The van der Waals surface area contributed by atoms with Gasteiger partial charge in [0, 0.05) is 48.4 Å². The number of nitrogens with one attached hydrogen (secondary N) is 1. The molecule has 3 aromatic rings. The van der Waals surface area contributed by atoms with Crippen molar-refractivity contribution in [2.45, 2.75) is 119 Å². The number of Topliss-reactive ketones (excluding diaryl/α,β-unsaturated/α-hetero) is 2. The second-order valence-corrected chi connectivity index (χ2v) is 18.2. The summed E-state index contributed by atoms with van der Waals surface area (Å²) in [5.41, 5.74) is -0.169. The van der Waals surface area contributed by atoms with E-state index in [-0.39, 0.29) is 24.3 Å². The Morgan fingerprint density at radius 3 is 2.54 bits per heavy atom. The number of nitrogens with zero attached hydrogens (tertiary/aromatic N) is 3. The van der Waals surface area contributed by atoms with Gasteiger partial charge in [0.25, 0.3) is 0 Å². The van der Waals surface area contributed by atoms with Crippen LogP contribution in [0, 0.1) is 23.7 Å². The van der Waals surface area contributed by atoms with Gasteiger partial charge in [-0.3, -0.25) is 29.3 Å². The number of rotatable bonds is 7. The lowest BCUT2D eigenvalue weighted by Crippen LogP contribution is -2.59. The molecule has 59 heavy (non-hydrogen) atoms. The number of halogens is 1. The first-order valence-corrected chi connectivity index (χ1v) is 21.4. The number of fused-ring (bicyclic) bond motifs is 4. The summed E-state index contributed by atoms with van der Waals surface area (Å²) in [5.74, 6) is -5.40. The summed E-state index contributed by atoms with van der Waals surface area (Å²) in [6.45, 7) is 10.7. The Bertz CT molecular complexity index is 2090. The Hall–Kier alpha value is -3.87. The molecule has 14 nitrogen and oxygen atoms in total. The molecule has 0 radical (unpaired) electrons. The molecule has 6 heterocycles. The maximum atomic E-state index is 14.9. The second-order valence-electron chi connectivity index (χ2n) is 17.0. The molecular weight excluding hydrogens is 871 g/mol. The maximum absolute atomic E-state index is 14.9. The van der Waals surface area contributed by atoms with Gasteiger partial charge in [0.2, 0.25) is 0 Å². The smallest absolute Gasteiger partial charge is 0.408 e. The second kappa shape index (κ2) is 17.2. The van der Waals surface area contributed by atoms with Gasteiger partial charge in [-0.1, -0.05) is 50.3 Å². The minimum atomic E-state index is -1.44. The molecule has 14 atom stereocenters. The largest absolute Gasteiger partial charge is 0.447 e. The molecule has 4 saturated heterocycles. The standard InChI is InChI=1S/C44H53IN4O10/c1-23-17-32(49(7)22-28-11-10-16-46-20-28)36(52)40(55-23)56-38-25(3)34(50)26(4)39(53)57-41(45)44(6)37(48-42(54)59-44)24(2)35(51)30-19-43(38,5)58-33(30)15-14-27-18-29-12-8-9-13-31(29)47-21-27/h8-16,18,20-21,23-26,30,32-33,36-38,40-41,52H,17,19,22H2,1-7H3,(H,48,54)/b15-14+/t23-,24+,25+,26-,30+,32+,33?,36-,37-,38-,40+,41+,43-,44+/m1/s1. The van der Waals surface area contributed by atoms with E-state index in [2.05, 4.69) is 15.3 Å². The third kappa shape index (κ3) is 8.69. The number of ketones is 2. The zero-order valence-corrected chi connectivity index (χ0v) is 36.5. The number of esters is 1. The molecule has 316 valence electrons. The number of para-hydroxylation sites is 1. The zero-order valence-electron chi connectivity index (χ0n) is 34.3. The summed E-state index contributed by atoms with van der Waals surface area (Å²) in [5, 5.41) is 15.7. The van der Waals surface area contributed by atoms with E-state index in [0.29, 0.717) is 13.0 Å². The van der Waals surface area contributed by atoms with E-state index in [1.807, 2.05) is 96.1 Å². The number of pyridine rings is 2. The number of carbonyl (C=O) groups excluding carboxylic acids is 4. The molecule has 2 bridgehead atoms. The first kappa shape index (κ1) is 43.2. The van der Waals surface area contributed by atoms with Gasteiger partial charge in [-0.05, 0) is 99.5 Å². The molecule has 0 spiro atoms. The van der Waals surface area contributed by atoms with Gasteiger partial charge in [-0.25, -0.2) is 4.79 Å². The van der Waals surface area contributed by atoms with Crippen molar-refractivity contribution in [3.05, 3.63) is 78.3 Å². The lowest BCUT2D eigenvalue weighted by molar-refractivity contribution is -0.294. The highest BCUT2D eigenvalue weighted by Gasteiger charge is 2.60.